The van der Waals surface area contributed by atoms with Gasteiger partial charge in [0.1, 0.15) is 5.75 Å². The number of carbonyl (C=O) groups is 2. The number of hydrogen-bond donors (Lipinski definition) is 1. The van der Waals surface area contributed by atoms with E-state index in [4.69, 9.17) is 9.47 Å². The Bertz CT molecular complexity index is 849. The van der Waals surface area contributed by atoms with Crippen LogP contribution in [-0.4, -0.2) is 31.3 Å². The average molecular weight is 394 g/mol. The average Bonchev–Trinajstić information content (AvgIpc) is 2.67. The SMILES string of the molecule is CCOC(=O)COc1ccc(/C=N\NC(=O)c2cccc(C(F)(F)F)c2)cc1. The summed E-state index contributed by atoms with van der Waals surface area (Å²) in [6, 6.07) is 10.5. The van der Waals surface area contributed by atoms with Gasteiger partial charge in [0.25, 0.3) is 5.91 Å². The van der Waals surface area contributed by atoms with Gasteiger partial charge in [0, 0.05) is 5.56 Å². The number of amides is 1. The number of nitrogens with zero attached hydrogens (tertiary/aromatic N) is 1. The Morgan fingerprint density at radius 2 is 1.86 bits per heavy atom. The largest absolute Gasteiger partial charge is 0.482 e. The first-order valence-corrected chi connectivity index (χ1v) is 8.18. The van der Waals surface area contributed by atoms with Crippen LogP contribution in [0.1, 0.15) is 28.4 Å². The van der Waals surface area contributed by atoms with Gasteiger partial charge in [-0.2, -0.15) is 18.3 Å². The summed E-state index contributed by atoms with van der Waals surface area (Å²) >= 11 is 0. The lowest BCUT2D eigenvalue weighted by Gasteiger charge is -2.07. The first-order valence-electron chi connectivity index (χ1n) is 8.18. The third kappa shape index (κ3) is 6.42. The fourth-order valence-corrected chi connectivity index (χ4v) is 2.06. The fraction of sp³-hybridized carbons (Fsp3) is 0.211. The number of alkyl halides is 3. The molecule has 0 saturated carbocycles. The van der Waals surface area contributed by atoms with E-state index in [1.54, 1.807) is 31.2 Å². The molecule has 0 atom stereocenters. The second kappa shape index (κ2) is 9.54. The van der Waals surface area contributed by atoms with Gasteiger partial charge in [-0.15, -0.1) is 0 Å². The number of nitrogens with one attached hydrogen (secondary N) is 1. The molecular weight excluding hydrogens is 377 g/mol. The summed E-state index contributed by atoms with van der Waals surface area (Å²) in [5, 5.41) is 3.72. The van der Waals surface area contributed by atoms with Gasteiger partial charge in [0.15, 0.2) is 6.61 Å². The predicted molar refractivity (Wildman–Crippen MR) is 95.1 cm³/mol. The van der Waals surface area contributed by atoms with E-state index in [0.29, 0.717) is 11.3 Å². The standard InChI is InChI=1S/C19H17F3N2O4/c1-2-27-17(25)12-28-16-8-6-13(7-9-16)11-23-24-18(26)14-4-3-5-15(10-14)19(20,21)22/h3-11H,2,12H2,1H3,(H,24,26)/b23-11-. The summed E-state index contributed by atoms with van der Waals surface area (Å²) in [5.74, 6) is -0.805. The number of benzene rings is 2. The van der Waals surface area contributed by atoms with Gasteiger partial charge in [0.05, 0.1) is 18.4 Å². The number of hydrogen-bond acceptors (Lipinski definition) is 5. The van der Waals surface area contributed by atoms with Crippen LogP contribution in [-0.2, 0) is 15.7 Å². The third-order valence-electron chi connectivity index (χ3n) is 3.37. The van der Waals surface area contributed by atoms with Crippen LogP contribution in [0.3, 0.4) is 0 Å². The molecule has 148 valence electrons. The molecule has 1 amide bonds. The van der Waals surface area contributed by atoms with Gasteiger partial charge in [0.2, 0.25) is 0 Å². The summed E-state index contributed by atoms with van der Waals surface area (Å²) in [5.41, 5.74) is 1.70. The van der Waals surface area contributed by atoms with Crippen molar-refractivity contribution in [2.75, 3.05) is 13.2 Å². The molecule has 0 aliphatic heterocycles. The van der Waals surface area contributed by atoms with Crippen molar-refractivity contribution in [3.05, 3.63) is 65.2 Å². The van der Waals surface area contributed by atoms with E-state index in [-0.39, 0.29) is 18.8 Å². The summed E-state index contributed by atoms with van der Waals surface area (Å²) in [4.78, 5) is 23.1. The number of ether oxygens (including phenoxy) is 2. The highest BCUT2D eigenvalue weighted by Gasteiger charge is 2.30. The van der Waals surface area contributed by atoms with Crippen LogP contribution >= 0.6 is 0 Å². The molecule has 28 heavy (non-hydrogen) atoms. The Hall–Kier alpha value is -3.36. The quantitative estimate of drug-likeness (QED) is 0.444. The molecule has 1 N–H and O–H groups in total. The highest BCUT2D eigenvalue weighted by molar-refractivity contribution is 5.95. The van der Waals surface area contributed by atoms with Crippen molar-refractivity contribution in [1.82, 2.24) is 5.43 Å². The lowest BCUT2D eigenvalue weighted by molar-refractivity contribution is -0.145. The lowest BCUT2D eigenvalue weighted by Crippen LogP contribution is -2.18. The van der Waals surface area contributed by atoms with Crippen molar-refractivity contribution >= 4 is 18.1 Å². The molecule has 0 fully saturated rings. The molecule has 2 rings (SSSR count). The van der Waals surface area contributed by atoms with Crippen molar-refractivity contribution in [3.8, 4) is 5.75 Å². The zero-order valence-electron chi connectivity index (χ0n) is 14.8. The maximum Gasteiger partial charge on any atom is 0.416 e. The molecule has 0 aliphatic rings. The Morgan fingerprint density at radius 3 is 2.50 bits per heavy atom. The molecule has 0 radical (unpaired) electrons. The topological polar surface area (TPSA) is 77.0 Å². The maximum atomic E-state index is 12.7. The van der Waals surface area contributed by atoms with Gasteiger partial charge in [-0.1, -0.05) is 6.07 Å². The van der Waals surface area contributed by atoms with Crippen LogP contribution in [0.5, 0.6) is 5.75 Å². The van der Waals surface area contributed by atoms with E-state index in [1.807, 2.05) is 0 Å². The first kappa shape index (κ1) is 20.9. The van der Waals surface area contributed by atoms with E-state index in [9.17, 15) is 22.8 Å². The second-order valence-electron chi connectivity index (χ2n) is 5.44. The molecule has 2 aromatic carbocycles. The minimum Gasteiger partial charge on any atom is -0.482 e. The third-order valence-corrected chi connectivity index (χ3v) is 3.37. The molecule has 0 saturated heterocycles. The highest BCUT2D eigenvalue weighted by Crippen LogP contribution is 2.29. The Morgan fingerprint density at radius 1 is 1.14 bits per heavy atom. The summed E-state index contributed by atoms with van der Waals surface area (Å²) in [6.07, 6.45) is -3.21. The molecule has 0 bridgehead atoms. The van der Waals surface area contributed by atoms with Gasteiger partial charge in [-0.25, -0.2) is 10.2 Å². The van der Waals surface area contributed by atoms with Crippen molar-refractivity contribution in [3.63, 3.8) is 0 Å². The van der Waals surface area contributed by atoms with Crippen LogP contribution in [0, 0.1) is 0 Å². The highest BCUT2D eigenvalue weighted by atomic mass is 19.4. The number of halogens is 3. The van der Waals surface area contributed by atoms with Gasteiger partial charge in [-0.3, -0.25) is 4.79 Å². The zero-order valence-corrected chi connectivity index (χ0v) is 14.8. The summed E-state index contributed by atoms with van der Waals surface area (Å²) < 4.78 is 48.0. The fourth-order valence-electron chi connectivity index (χ4n) is 2.06. The normalized spacial score (nSPS) is 11.3. The Balaban J connectivity index is 1.90. The van der Waals surface area contributed by atoms with E-state index >= 15 is 0 Å². The summed E-state index contributed by atoms with van der Waals surface area (Å²) in [6.45, 7) is 1.75. The van der Waals surface area contributed by atoms with Gasteiger partial charge in [-0.05, 0) is 55.0 Å². The van der Waals surface area contributed by atoms with Crippen molar-refractivity contribution in [1.29, 1.82) is 0 Å². The van der Waals surface area contributed by atoms with Crippen molar-refractivity contribution in [2.45, 2.75) is 13.1 Å². The van der Waals surface area contributed by atoms with Crippen LogP contribution < -0.4 is 10.2 Å². The molecule has 0 heterocycles. The van der Waals surface area contributed by atoms with Crippen LogP contribution in [0.2, 0.25) is 0 Å². The molecule has 6 nitrogen and oxygen atoms in total. The minimum absolute atomic E-state index is 0.158. The first-order chi connectivity index (χ1) is 13.3. The zero-order chi connectivity index (χ0) is 20.6. The molecule has 0 spiro atoms. The van der Waals surface area contributed by atoms with E-state index in [2.05, 4.69) is 10.5 Å². The van der Waals surface area contributed by atoms with Crippen LogP contribution in [0.4, 0.5) is 13.2 Å². The molecule has 0 aromatic heterocycles. The number of rotatable bonds is 7. The summed E-state index contributed by atoms with van der Waals surface area (Å²) in [7, 11) is 0. The molecule has 0 unspecified atom stereocenters. The minimum atomic E-state index is -4.53. The van der Waals surface area contributed by atoms with Gasteiger partial charge >= 0.3 is 12.1 Å². The lowest BCUT2D eigenvalue weighted by atomic mass is 10.1. The van der Waals surface area contributed by atoms with E-state index in [0.717, 1.165) is 18.2 Å². The van der Waals surface area contributed by atoms with E-state index < -0.39 is 23.6 Å². The maximum absolute atomic E-state index is 12.7. The van der Waals surface area contributed by atoms with Crippen LogP contribution in [0.25, 0.3) is 0 Å². The number of carbonyl (C=O) groups excluding carboxylic acids is 2. The predicted octanol–water partition coefficient (Wildman–Crippen LogP) is 3.41. The Kier molecular flexibility index (Phi) is 7.14. The molecular formula is C19H17F3N2O4. The van der Waals surface area contributed by atoms with Crippen molar-refractivity contribution in [2.24, 2.45) is 5.10 Å². The molecule has 0 aliphatic carbocycles. The monoisotopic (exact) mass is 394 g/mol. The molecule has 2 aromatic rings. The van der Waals surface area contributed by atoms with E-state index in [1.165, 1.54) is 12.3 Å². The smallest absolute Gasteiger partial charge is 0.416 e. The Labute approximate surface area is 159 Å². The van der Waals surface area contributed by atoms with Crippen molar-refractivity contribution < 1.29 is 32.2 Å². The van der Waals surface area contributed by atoms with Gasteiger partial charge < -0.3 is 9.47 Å². The number of hydrazone groups is 1. The van der Waals surface area contributed by atoms with Crippen LogP contribution in [0.15, 0.2) is 53.6 Å². The molecule has 9 heteroatoms. The number of esters is 1. The second-order valence-corrected chi connectivity index (χ2v) is 5.44.